The van der Waals surface area contributed by atoms with E-state index >= 15 is 0 Å². The summed E-state index contributed by atoms with van der Waals surface area (Å²) in [6.45, 7) is 1.20. The Bertz CT molecular complexity index is 775. The van der Waals surface area contributed by atoms with E-state index in [1.807, 2.05) is 19.1 Å². The van der Waals surface area contributed by atoms with Gasteiger partial charge in [-0.25, -0.2) is 0 Å². The predicted molar refractivity (Wildman–Crippen MR) is 97.2 cm³/mol. The number of anilines is 1. The summed E-state index contributed by atoms with van der Waals surface area (Å²) in [5, 5.41) is 5.06. The predicted octanol–water partition coefficient (Wildman–Crippen LogP) is 2.67. The molecule has 0 aliphatic heterocycles. The van der Waals surface area contributed by atoms with Gasteiger partial charge in [-0.2, -0.15) is 0 Å². The van der Waals surface area contributed by atoms with Gasteiger partial charge in [0.25, 0.3) is 11.8 Å². The van der Waals surface area contributed by atoms with E-state index in [0.717, 1.165) is 5.56 Å². The highest BCUT2D eigenvalue weighted by Crippen LogP contribution is 2.15. The summed E-state index contributed by atoms with van der Waals surface area (Å²) in [6.07, 6.45) is 0. The average Bonchev–Trinajstić information content (AvgIpc) is 2.60. The maximum Gasteiger partial charge on any atom is 0.325 e. The fourth-order valence-electron chi connectivity index (χ4n) is 1.92. The largest absolute Gasteiger partial charge is 0.454 e. The van der Waals surface area contributed by atoms with Crippen LogP contribution < -0.4 is 10.6 Å². The topological polar surface area (TPSA) is 84.5 Å². The zero-order chi connectivity index (χ0) is 18.2. The van der Waals surface area contributed by atoms with Gasteiger partial charge in [0.15, 0.2) is 6.61 Å². The Morgan fingerprint density at radius 1 is 1.04 bits per heavy atom. The molecule has 0 unspecified atom stereocenters. The number of rotatable bonds is 6. The van der Waals surface area contributed by atoms with E-state index in [4.69, 9.17) is 4.74 Å². The fourth-order valence-corrected chi connectivity index (χ4v) is 2.39. The third-order valence-electron chi connectivity index (χ3n) is 3.21. The van der Waals surface area contributed by atoms with Crippen molar-refractivity contribution in [3.05, 3.63) is 64.1 Å². The first-order chi connectivity index (χ1) is 12.0. The lowest BCUT2D eigenvalue weighted by molar-refractivity contribution is -0.146. The van der Waals surface area contributed by atoms with Gasteiger partial charge in [-0.15, -0.1) is 0 Å². The molecule has 2 aromatic rings. The molecule has 0 fully saturated rings. The van der Waals surface area contributed by atoms with E-state index in [1.165, 1.54) is 0 Å². The van der Waals surface area contributed by atoms with Crippen LogP contribution in [0.15, 0.2) is 53.0 Å². The van der Waals surface area contributed by atoms with Gasteiger partial charge in [-0.1, -0.05) is 29.8 Å². The summed E-state index contributed by atoms with van der Waals surface area (Å²) in [7, 11) is 0. The maximum atomic E-state index is 11.9. The number of hydrogen-bond donors (Lipinski definition) is 2. The zero-order valence-electron chi connectivity index (χ0n) is 13.5. The van der Waals surface area contributed by atoms with Crippen molar-refractivity contribution >= 4 is 39.4 Å². The average molecular weight is 405 g/mol. The van der Waals surface area contributed by atoms with Gasteiger partial charge in [0, 0.05) is 10.2 Å². The molecule has 0 aliphatic carbocycles. The number of carbonyl (C=O) groups is 3. The SMILES string of the molecule is Cc1ccc(NC(=O)COC(=O)CNC(=O)c2ccccc2Br)cc1. The van der Waals surface area contributed by atoms with Crippen molar-refractivity contribution in [3.8, 4) is 0 Å². The Labute approximate surface area is 153 Å². The van der Waals surface area contributed by atoms with Crippen molar-refractivity contribution in [2.24, 2.45) is 0 Å². The lowest BCUT2D eigenvalue weighted by atomic mass is 10.2. The molecule has 130 valence electrons. The number of hydrogen-bond acceptors (Lipinski definition) is 4. The number of amides is 2. The van der Waals surface area contributed by atoms with Gasteiger partial charge >= 0.3 is 5.97 Å². The van der Waals surface area contributed by atoms with E-state index in [-0.39, 0.29) is 6.54 Å². The second-order valence-corrected chi connectivity index (χ2v) is 6.09. The van der Waals surface area contributed by atoms with E-state index in [0.29, 0.717) is 15.7 Å². The molecule has 0 aliphatic rings. The number of aryl methyl sites for hydroxylation is 1. The number of benzene rings is 2. The van der Waals surface area contributed by atoms with Crippen molar-refractivity contribution in [3.63, 3.8) is 0 Å². The smallest absolute Gasteiger partial charge is 0.325 e. The van der Waals surface area contributed by atoms with E-state index in [9.17, 15) is 14.4 Å². The Kier molecular flexibility index (Phi) is 6.71. The van der Waals surface area contributed by atoms with Crippen LogP contribution in [0.2, 0.25) is 0 Å². The molecule has 2 amide bonds. The summed E-state index contributed by atoms with van der Waals surface area (Å²) in [4.78, 5) is 35.3. The summed E-state index contributed by atoms with van der Waals surface area (Å²) in [6, 6.07) is 14.1. The Morgan fingerprint density at radius 2 is 1.72 bits per heavy atom. The number of carbonyl (C=O) groups excluding carboxylic acids is 3. The minimum Gasteiger partial charge on any atom is -0.454 e. The van der Waals surface area contributed by atoms with Crippen molar-refractivity contribution in [2.45, 2.75) is 6.92 Å². The van der Waals surface area contributed by atoms with Gasteiger partial charge in [-0.3, -0.25) is 14.4 Å². The van der Waals surface area contributed by atoms with Crippen molar-refractivity contribution in [1.29, 1.82) is 0 Å². The fraction of sp³-hybridized carbons (Fsp3) is 0.167. The molecule has 2 rings (SSSR count). The Morgan fingerprint density at radius 3 is 2.40 bits per heavy atom. The molecule has 7 heteroatoms. The highest BCUT2D eigenvalue weighted by molar-refractivity contribution is 9.10. The normalized spacial score (nSPS) is 10.0. The Hall–Kier alpha value is -2.67. The number of esters is 1. The number of ether oxygens (including phenoxy) is 1. The monoisotopic (exact) mass is 404 g/mol. The lowest BCUT2D eigenvalue weighted by Gasteiger charge is -2.08. The van der Waals surface area contributed by atoms with E-state index in [2.05, 4.69) is 26.6 Å². The second kappa shape index (κ2) is 8.98. The van der Waals surface area contributed by atoms with E-state index < -0.39 is 24.4 Å². The quantitative estimate of drug-likeness (QED) is 0.724. The highest BCUT2D eigenvalue weighted by atomic mass is 79.9. The molecule has 0 radical (unpaired) electrons. The second-order valence-electron chi connectivity index (χ2n) is 5.24. The Balaban J connectivity index is 1.73. The van der Waals surface area contributed by atoms with Gasteiger partial charge in [0.2, 0.25) is 0 Å². The standard InChI is InChI=1S/C18H17BrN2O4/c1-12-6-8-13(9-7-12)21-16(22)11-25-17(23)10-20-18(24)14-4-2-3-5-15(14)19/h2-9H,10-11H2,1H3,(H,20,24)(H,21,22). The molecule has 2 N–H and O–H groups in total. The molecule has 6 nitrogen and oxygen atoms in total. The number of halogens is 1. The van der Waals surface area contributed by atoms with Crippen LogP contribution in [0.25, 0.3) is 0 Å². The lowest BCUT2D eigenvalue weighted by Crippen LogP contribution is -2.32. The van der Waals surface area contributed by atoms with Crippen LogP contribution in [0.3, 0.4) is 0 Å². The minimum atomic E-state index is -0.695. The van der Waals surface area contributed by atoms with Gasteiger partial charge < -0.3 is 15.4 Å². The van der Waals surface area contributed by atoms with Crippen molar-refractivity contribution in [2.75, 3.05) is 18.5 Å². The molecule has 25 heavy (non-hydrogen) atoms. The maximum absolute atomic E-state index is 11.9. The zero-order valence-corrected chi connectivity index (χ0v) is 15.1. The highest BCUT2D eigenvalue weighted by Gasteiger charge is 2.12. The van der Waals surface area contributed by atoms with Crippen LogP contribution in [0.5, 0.6) is 0 Å². The molecule has 0 atom stereocenters. The van der Waals surface area contributed by atoms with E-state index in [1.54, 1.807) is 36.4 Å². The molecular weight excluding hydrogens is 388 g/mol. The van der Waals surface area contributed by atoms with Crippen LogP contribution in [0, 0.1) is 6.92 Å². The third-order valence-corrected chi connectivity index (χ3v) is 3.90. The van der Waals surface area contributed by atoms with Crippen LogP contribution in [0.1, 0.15) is 15.9 Å². The molecule has 0 bridgehead atoms. The molecule has 2 aromatic carbocycles. The first kappa shape index (κ1) is 18.7. The number of nitrogens with one attached hydrogen (secondary N) is 2. The molecule has 0 spiro atoms. The van der Waals surface area contributed by atoms with Crippen LogP contribution in [-0.2, 0) is 14.3 Å². The first-order valence-corrected chi connectivity index (χ1v) is 8.30. The van der Waals surface area contributed by atoms with Crippen LogP contribution >= 0.6 is 15.9 Å². The molecule has 0 saturated heterocycles. The first-order valence-electron chi connectivity index (χ1n) is 7.50. The van der Waals surface area contributed by atoms with Gasteiger partial charge in [-0.05, 0) is 47.1 Å². The van der Waals surface area contributed by atoms with Crippen LogP contribution in [-0.4, -0.2) is 30.9 Å². The minimum absolute atomic E-state index is 0.321. The molecule has 0 aromatic heterocycles. The molecule has 0 saturated carbocycles. The molecular formula is C18H17BrN2O4. The molecule has 0 heterocycles. The van der Waals surface area contributed by atoms with Crippen molar-refractivity contribution < 1.29 is 19.1 Å². The third kappa shape index (κ3) is 6.04. The van der Waals surface area contributed by atoms with Crippen molar-refractivity contribution in [1.82, 2.24) is 5.32 Å². The van der Waals surface area contributed by atoms with Crippen LogP contribution in [0.4, 0.5) is 5.69 Å². The summed E-state index contributed by atoms with van der Waals surface area (Å²) in [5.74, 6) is -1.55. The summed E-state index contributed by atoms with van der Waals surface area (Å²) in [5.41, 5.74) is 2.10. The van der Waals surface area contributed by atoms with Gasteiger partial charge in [0.05, 0.1) is 5.56 Å². The summed E-state index contributed by atoms with van der Waals surface area (Å²) < 4.78 is 5.46. The summed E-state index contributed by atoms with van der Waals surface area (Å²) >= 11 is 3.26. The van der Waals surface area contributed by atoms with Gasteiger partial charge in [0.1, 0.15) is 6.54 Å².